The van der Waals surface area contributed by atoms with E-state index in [4.69, 9.17) is 12.2 Å². The standard InChI is InChI=1S/C11H12N2OS/c1-3-5-8(4-2)6-9-7-12-11(15)13-10(9)14/h3-5,7H,1-2,6H2,(H2,12,13,14,15)/b8-5+. The number of aromatic nitrogens is 2. The normalized spacial score (nSPS) is 11.1. The molecule has 0 aliphatic heterocycles. The number of hydrogen-bond donors (Lipinski definition) is 2. The van der Waals surface area contributed by atoms with Crippen LogP contribution in [0.15, 0.2) is 48.0 Å². The molecule has 0 saturated carbocycles. The number of allylic oxidation sites excluding steroid dienone is 4. The predicted molar refractivity (Wildman–Crippen MR) is 64.4 cm³/mol. The molecule has 4 heteroatoms. The monoisotopic (exact) mass is 220 g/mol. The Balaban J connectivity index is 3.04. The van der Waals surface area contributed by atoms with E-state index in [9.17, 15) is 4.79 Å². The molecule has 3 nitrogen and oxygen atoms in total. The molecular formula is C11H12N2OS. The quantitative estimate of drug-likeness (QED) is 0.604. The smallest absolute Gasteiger partial charge is 0.255 e. The van der Waals surface area contributed by atoms with E-state index in [1.165, 1.54) is 0 Å². The highest BCUT2D eigenvalue weighted by Gasteiger charge is 2.00. The minimum Gasteiger partial charge on any atom is -0.338 e. The number of nitrogens with one attached hydrogen (secondary N) is 2. The zero-order chi connectivity index (χ0) is 11.3. The van der Waals surface area contributed by atoms with E-state index >= 15 is 0 Å². The Morgan fingerprint density at radius 3 is 2.80 bits per heavy atom. The minimum atomic E-state index is -0.171. The van der Waals surface area contributed by atoms with Crippen molar-refractivity contribution < 1.29 is 0 Å². The lowest BCUT2D eigenvalue weighted by atomic mass is 10.1. The molecule has 1 rings (SSSR count). The van der Waals surface area contributed by atoms with Gasteiger partial charge in [-0.25, -0.2) is 0 Å². The molecule has 0 aromatic carbocycles. The van der Waals surface area contributed by atoms with Crippen molar-refractivity contribution in [3.63, 3.8) is 0 Å². The second kappa shape index (κ2) is 5.26. The summed E-state index contributed by atoms with van der Waals surface area (Å²) in [5, 5.41) is 0. The van der Waals surface area contributed by atoms with Crippen molar-refractivity contribution in [2.75, 3.05) is 0 Å². The first-order valence-electron chi connectivity index (χ1n) is 4.42. The van der Waals surface area contributed by atoms with Crippen LogP contribution in [0.5, 0.6) is 0 Å². The van der Waals surface area contributed by atoms with Crippen LogP contribution in [0.25, 0.3) is 0 Å². The first-order chi connectivity index (χ1) is 7.17. The van der Waals surface area contributed by atoms with E-state index in [-0.39, 0.29) is 5.56 Å². The molecule has 0 fully saturated rings. The topological polar surface area (TPSA) is 48.6 Å². The predicted octanol–water partition coefficient (Wildman–Crippen LogP) is 2.27. The first kappa shape index (κ1) is 11.4. The lowest BCUT2D eigenvalue weighted by Crippen LogP contribution is -2.13. The third-order valence-electron chi connectivity index (χ3n) is 1.88. The molecular weight excluding hydrogens is 208 g/mol. The van der Waals surface area contributed by atoms with E-state index in [0.29, 0.717) is 16.8 Å². The summed E-state index contributed by atoms with van der Waals surface area (Å²) in [5.74, 6) is 0. The summed E-state index contributed by atoms with van der Waals surface area (Å²) in [7, 11) is 0. The summed E-state index contributed by atoms with van der Waals surface area (Å²) in [6.45, 7) is 7.26. The van der Waals surface area contributed by atoms with Crippen molar-refractivity contribution in [3.05, 3.63) is 63.8 Å². The van der Waals surface area contributed by atoms with Gasteiger partial charge >= 0.3 is 0 Å². The fourth-order valence-electron chi connectivity index (χ4n) is 1.14. The van der Waals surface area contributed by atoms with Crippen LogP contribution in [0.3, 0.4) is 0 Å². The van der Waals surface area contributed by atoms with E-state index in [1.54, 1.807) is 18.3 Å². The Bertz CT molecular complexity index is 508. The molecule has 1 heterocycles. The maximum absolute atomic E-state index is 11.5. The molecule has 2 N–H and O–H groups in total. The Morgan fingerprint density at radius 2 is 2.27 bits per heavy atom. The highest BCUT2D eigenvalue weighted by atomic mass is 32.1. The average Bonchev–Trinajstić information content (AvgIpc) is 2.21. The third kappa shape index (κ3) is 3.18. The molecule has 0 atom stereocenters. The molecule has 1 aromatic heterocycles. The Hall–Kier alpha value is -1.68. The number of hydrogen-bond acceptors (Lipinski definition) is 2. The largest absolute Gasteiger partial charge is 0.338 e. The highest BCUT2D eigenvalue weighted by molar-refractivity contribution is 7.71. The molecule has 78 valence electrons. The molecule has 0 aliphatic carbocycles. The van der Waals surface area contributed by atoms with Gasteiger partial charge in [-0.15, -0.1) is 0 Å². The molecule has 0 bridgehead atoms. The van der Waals surface area contributed by atoms with Crippen LogP contribution in [0, 0.1) is 4.77 Å². The summed E-state index contributed by atoms with van der Waals surface area (Å²) in [5.41, 5.74) is 1.38. The number of rotatable bonds is 4. The van der Waals surface area contributed by atoms with Crippen LogP contribution < -0.4 is 5.56 Å². The summed E-state index contributed by atoms with van der Waals surface area (Å²) in [4.78, 5) is 16.8. The van der Waals surface area contributed by atoms with Crippen LogP contribution in [0.1, 0.15) is 5.56 Å². The molecule has 0 amide bonds. The molecule has 0 spiro atoms. The van der Waals surface area contributed by atoms with Crippen LogP contribution in [0.4, 0.5) is 0 Å². The molecule has 0 aliphatic rings. The Morgan fingerprint density at radius 1 is 1.53 bits per heavy atom. The Kier molecular flexibility index (Phi) is 4.00. The third-order valence-corrected chi connectivity index (χ3v) is 2.10. The zero-order valence-electron chi connectivity index (χ0n) is 8.25. The molecule has 0 unspecified atom stereocenters. The van der Waals surface area contributed by atoms with Gasteiger partial charge in [0.25, 0.3) is 5.56 Å². The summed E-state index contributed by atoms with van der Waals surface area (Å²) >= 11 is 4.79. The summed E-state index contributed by atoms with van der Waals surface area (Å²) in [6.07, 6.45) is 7.30. The Labute approximate surface area is 92.9 Å². The SMILES string of the molecule is C=C/C=C(\C=C)Cc1c[nH]c(=S)[nH]c1=O. The second-order valence-electron chi connectivity index (χ2n) is 2.96. The van der Waals surface area contributed by atoms with Gasteiger partial charge in [-0.3, -0.25) is 9.78 Å². The van der Waals surface area contributed by atoms with Gasteiger partial charge in [-0.05, 0) is 17.8 Å². The number of aromatic amines is 2. The van der Waals surface area contributed by atoms with Crippen molar-refractivity contribution in [2.24, 2.45) is 0 Å². The van der Waals surface area contributed by atoms with Crippen LogP contribution in [-0.2, 0) is 6.42 Å². The molecule has 0 saturated heterocycles. The second-order valence-corrected chi connectivity index (χ2v) is 3.36. The minimum absolute atomic E-state index is 0.171. The van der Waals surface area contributed by atoms with Gasteiger partial charge in [-0.1, -0.05) is 31.4 Å². The van der Waals surface area contributed by atoms with Crippen molar-refractivity contribution in [1.82, 2.24) is 9.97 Å². The van der Waals surface area contributed by atoms with Gasteiger partial charge in [0.05, 0.1) is 0 Å². The van der Waals surface area contributed by atoms with Crippen molar-refractivity contribution in [1.29, 1.82) is 0 Å². The molecule has 15 heavy (non-hydrogen) atoms. The van der Waals surface area contributed by atoms with E-state index in [0.717, 1.165) is 5.57 Å². The maximum atomic E-state index is 11.5. The fraction of sp³-hybridized carbons (Fsp3) is 0.0909. The van der Waals surface area contributed by atoms with Crippen molar-refractivity contribution >= 4 is 12.2 Å². The lowest BCUT2D eigenvalue weighted by Gasteiger charge is -2.00. The van der Waals surface area contributed by atoms with Crippen LogP contribution >= 0.6 is 12.2 Å². The molecule has 1 aromatic rings. The highest BCUT2D eigenvalue weighted by Crippen LogP contribution is 2.03. The average molecular weight is 220 g/mol. The van der Waals surface area contributed by atoms with Crippen LogP contribution in [0.2, 0.25) is 0 Å². The van der Waals surface area contributed by atoms with Gasteiger partial charge in [-0.2, -0.15) is 0 Å². The van der Waals surface area contributed by atoms with Crippen molar-refractivity contribution in [2.45, 2.75) is 6.42 Å². The summed E-state index contributed by atoms with van der Waals surface area (Å²) < 4.78 is 0.330. The first-order valence-corrected chi connectivity index (χ1v) is 4.83. The molecule has 0 radical (unpaired) electrons. The van der Waals surface area contributed by atoms with E-state index < -0.39 is 0 Å². The summed E-state index contributed by atoms with van der Waals surface area (Å²) in [6, 6.07) is 0. The lowest BCUT2D eigenvalue weighted by molar-refractivity contribution is 1.01. The van der Waals surface area contributed by atoms with Gasteiger partial charge in [0.1, 0.15) is 0 Å². The van der Waals surface area contributed by atoms with E-state index in [1.807, 2.05) is 6.08 Å². The van der Waals surface area contributed by atoms with Gasteiger partial charge in [0.2, 0.25) is 0 Å². The van der Waals surface area contributed by atoms with Crippen LogP contribution in [-0.4, -0.2) is 9.97 Å². The van der Waals surface area contributed by atoms with Gasteiger partial charge in [0.15, 0.2) is 4.77 Å². The maximum Gasteiger partial charge on any atom is 0.255 e. The van der Waals surface area contributed by atoms with Gasteiger partial charge in [0, 0.05) is 18.2 Å². The number of H-pyrrole nitrogens is 2. The van der Waals surface area contributed by atoms with E-state index in [2.05, 4.69) is 23.1 Å². The fourth-order valence-corrected chi connectivity index (χ4v) is 1.29. The van der Waals surface area contributed by atoms with Gasteiger partial charge < -0.3 is 4.98 Å². The zero-order valence-corrected chi connectivity index (χ0v) is 9.06. The van der Waals surface area contributed by atoms with Crippen molar-refractivity contribution in [3.8, 4) is 0 Å².